The van der Waals surface area contributed by atoms with Crippen molar-refractivity contribution in [3.63, 3.8) is 0 Å². The van der Waals surface area contributed by atoms with Gasteiger partial charge in [0.15, 0.2) is 0 Å². The van der Waals surface area contributed by atoms with Gasteiger partial charge in [-0.05, 0) is 44.4 Å². The number of amides is 1. The molecule has 1 aromatic rings. The summed E-state index contributed by atoms with van der Waals surface area (Å²) in [6, 6.07) is 5.19. The van der Waals surface area contributed by atoms with E-state index in [0.29, 0.717) is 18.1 Å². The Labute approximate surface area is 130 Å². The van der Waals surface area contributed by atoms with Gasteiger partial charge in [0, 0.05) is 18.1 Å². The summed E-state index contributed by atoms with van der Waals surface area (Å²) in [5.74, 6) is -0.180. The predicted molar refractivity (Wildman–Crippen MR) is 81.7 cm³/mol. The van der Waals surface area contributed by atoms with Crippen molar-refractivity contribution in [1.82, 2.24) is 9.62 Å². The summed E-state index contributed by atoms with van der Waals surface area (Å²) in [6.45, 7) is 2.96. The van der Waals surface area contributed by atoms with E-state index in [4.69, 9.17) is 11.6 Å². The Morgan fingerprint density at radius 1 is 1.29 bits per heavy atom. The average molecular weight is 331 g/mol. The summed E-state index contributed by atoms with van der Waals surface area (Å²) in [7, 11) is -3.75. The molecule has 0 unspecified atom stereocenters. The van der Waals surface area contributed by atoms with Crippen molar-refractivity contribution in [3.8, 4) is 0 Å². The standard InChI is InChI=1S/C14H19ClN2O3S/c1-11(14(18)17-8-3-2-4-9-17)16-21(19,20)13-7-5-6-12(15)10-13/h5-7,10-11,16H,2-4,8-9H2,1H3/t11-/m1/s1. The quantitative estimate of drug-likeness (QED) is 0.918. The van der Waals surface area contributed by atoms with Gasteiger partial charge in [-0.25, -0.2) is 8.42 Å². The fourth-order valence-corrected chi connectivity index (χ4v) is 3.87. The molecule has 116 valence electrons. The van der Waals surface area contributed by atoms with E-state index < -0.39 is 16.1 Å². The number of halogens is 1. The first-order valence-corrected chi connectivity index (χ1v) is 8.83. The lowest BCUT2D eigenvalue weighted by Gasteiger charge is -2.29. The molecule has 1 amide bonds. The van der Waals surface area contributed by atoms with E-state index in [1.807, 2.05) is 0 Å². The normalized spacial score (nSPS) is 17.5. The van der Waals surface area contributed by atoms with E-state index in [2.05, 4.69) is 4.72 Å². The minimum absolute atomic E-state index is 0.0632. The van der Waals surface area contributed by atoms with E-state index in [9.17, 15) is 13.2 Å². The van der Waals surface area contributed by atoms with Gasteiger partial charge in [0.05, 0.1) is 10.9 Å². The summed E-state index contributed by atoms with van der Waals surface area (Å²) >= 11 is 5.80. The largest absolute Gasteiger partial charge is 0.341 e. The van der Waals surface area contributed by atoms with Crippen molar-refractivity contribution in [2.45, 2.75) is 37.1 Å². The van der Waals surface area contributed by atoms with Gasteiger partial charge in [-0.1, -0.05) is 17.7 Å². The molecule has 5 nitrogen and oxygen atoms in total. The Kier molecular flexibility index (Phi) is 5.24. The van der Waals surface area contributed by atoms with Crippen LogP contribution in [0.15, 0.2) is 29.2 Å². The highest BCUT2D eigenvalue weighted by Gasteiger charge is 2.26. The molecule has 1 heterocycles. The molecule has 1 aliphatic rings. The third-order valence-corrected chi connectivity index (χ3v) is 5.25. The number of rotatable bonds is 4. The Morgan fingerprint density at radius 3 is 2.57 bits per heavy atom. The maximum atomic E-state index is 12.2. The lowest BCUT2D eigenvalue weighted by molar-refractivity contribution is -0.133. The molecule has 1 atom stereocenters. The van der Waals surface area contributed by atoms with Crippen LogP contribution < -0.4 is 4.72 Å². The van der Waals surface area contributed by atoms with Crippen molar-refractivity contribution >= 4 is 27.5 Å². The van der Waals surface area contributed by atoms with Crippen LogP contribution in [0.3, 0.4) is 0 Å². The summed E-state index contributed by atoms with van der Waals surface area (Å²) in [5.41, 5.74) is 0. The fraction of sp³-hybridized carbons (Fsp3) is 0.500. The molecule has 1 aromatic carbocycles. The highest BCUT2D eigenvalue weighted by Crippen LogP contribution is 2.16. The summed E-state index contributed by atoms with van der Waals surface area (Å²) < 4.78 is 26.9. The Bertz CT molecular complexity index is 612. The Hall–Kier alpha value is -1.11. The van der Waals surface area contributed by atoms with Gasteiger partial charge in [0.1, 0.15) is 0 Å². The van der Waals surface area contributed by atoms with Crippen LogP contribution in [-0.2, 0) is 14.8 Å². The minimum atomic E-state index is -3.75. The highest BCUT2D eigenvalue weighted by molar-refractivity contribution is 7.89. The van der Waals surface area contributed by atoms with Gasteiger partial charge < -0.3 is 4.90 Å². The first-order valence-electron chi connectivity index (χ1n) is 6.97. The van der Waals surface area contributed by atoms with Crippen LogP contribution in [0.25, 0.3) is 0 Å². The van der Waals surface area contributed by atoms with Crippen LogP contribution in [0.1, 0.15) is 26.2 Å². The number of carbonyl (C=O) groups is 1. The molecule has 0 aliphatic carbocycles. The van der Waals surface area contributed by atoms with Gasteiger partial charge in [0.2, 0.25) is 15.9 Å². The van der Waals surface area contributed by atoms with E-state index in [0.717, 1.165) is 19.3 Å². The number of piperidine rings is 1. The number of hydrogen-bond acceptors (Lipinski definition) is 3. The van der Waals surface area contributed by atoms with Crippen molar-refractivity contribution in [2.24, 2.45) is 0 Å². The van der Waals surface area contributed by atoms with Crippen LogP contribution in [0.5, 0.6) is 0 Å². The molecule has 21 heavy (non-hydrogen) atoms. The molecule has 7 heteroatoms. The first kappa shape index (κ1) is 16.3. The molecule has 1 aliphatic heterocycles. The van der Waals surface area contributed by atoms with Crippen molar-refractivity contribution in [2.75, 3.05) is 13.1 Å². The van der Waals surface area contributed by atoms with Gasteiger partial charge in [-0.2, -0.15) is 4.72 Å². The van der Waals surface area contributed by atoms with Crippen molar-refractivity contribution < 1.29 is 13.2 Å². The first-order chi connectivity index (χ1) is 9.90. The topological polar surface area (TPSA) is 66.5 Å². The smallest absolute Gasteiger partial charge is 0.241 e. The molecule has 0 radical (unpaired) electrons. The number of hydrogen-bond donors (Lipinski definition) is 1. The molecule has 0 spiro atoms. The fourth-order valence-electron chi connectivity index (χ4n) is 2.37. The van der Waals surface area contributed by atoms with Crippen molar-refractivity contribution in [3.05, 3.63) is 29.3 Å². The van der Waals surface area contributed by atoms with E-state index in [-0.39, 0.29) is 10.8 Å². The van der Waals surface area contributed by atoms with Crippen LogP contribution in [-0.4, -0.2) is 38.4 Å². The molecular weight excluding hydrogens is 312 g/mol. The summed E-state index contributed by atoms with van der Waals surface area (Å²) in [4.78, 5) is 14.0. The second kappa shape index (κ2) is 6.77. The van der Waals surface area contributed by atoms with E-state index in [1.165, 1.54) is 12.1 Å². The maximum absolute atomic E-state index is 12.2. The number of likely N-dealkylation sites (tertiary alicyclic amines) is 1. The Balaban J connectivity index is 2.07. The second-order valence-corrected chi connectivity index (χ2v) is 7.34. The number of sulfonamides is 1. The zero-order valence-corrected chi connectivity index (χ0v) is 13.5. The maximum Gasteiger partial charge on any atom is 0.241 e. The lowest BCUT2D eigenvalue weighted by atomic mass is 10.1. The van der Waals surface area contributed by atoms with Gasteiger partial charge in [0.25, 0.3) is 0 Å². The molecule has 1 N–H and O–H groups in total. The number of nitrogens with one attached hydrogen (secondary N) is 1. The number of carbonyl (C=O) groups excluding carboxylic acids is 1. The lowest BCUT2D eigenvalue weighted by Crippen LogP contribution is -2.48. The van der Waals surface area contributed by atoms with Crippen LogP contribution in [0, 0.1) is 0 Å². The van der Waals surface area contributed by atoms with Crippen LogP contribution >= 0.6 is 11.6 Å². The van der Waals surface area contributed by atoms with E-state index in [1.54, 1.807) is 24.0 Å². The molecule has 1 saturated heterocycles. The molecule has 0 bridgehead atoms. The van der Waals surface area contributed by atoms with Gasteiger partial charge >= 0.3 is 0 Å². The van der Waals surface area contributed by atoms with Crippen LogP contribution in [0.2, 0.25) is 5.02 Å². The average Bonchev–Trinajstić information content (AvgIpc) is 2.47. The molecular formula is C14H19ClN2O3S. The van der Waals surface area contributed by atoms with Crippen LogP contribution in [0.4, 0.5) is 0 Å². The molecule has 0 aromatic heterocycles. The SMILES string of the molecule is C[C@@H](NS(=O)(=O)c1cccc(Cl)c1)C(=O)N1CCCCC1. The van der Waals surface area contributed by atoms with Crippen molar-refractivity contribution in [1.29, 1.82) is 0 Å². The van der Waals surface area contributed by atoms with Gasteiger partial charge in [-0.3, -0.25) is 4.79 Å². The molecule has 0 saturated carbocycles. The molecule has 2 rings (SSSR count). The predicted octanol–water partition coefficient (Wildman–Crippen LogP) is 2.02. The van der Waals surface area contributed by atoms with E-state index >= 15 is 0 Å². The monoisotopic (exact) mass is 330 g/mol. The Morgan fingerprint density at radius 2 is 1.95 bits per heavy atom. The number of benzene rings is 1. The zero-order chi connectivity index (χ0) is 15.5. The third-order valence-electron chi connectivity index (χ3n) is 3.48. The van der Waals surface area contributed by atoms with Gasteiger partial charge in [-0.15, -0.1) is 0 Å². The molecule has 1 fully saturated rings. The second-order valence-electron chi connectivity index (χ2n) is 5.19. The highest BCUT2D eigenvalue weighted by atomic mass is 35.5. The zero-order valence-electron chi connectivity index (χ0n) is 11.9. The summed E-state index contributed by atoms with van der Waals surface area (Å²) in [5, 5.41) is 0.341. The minimum Gasteiger partial charge on any atom is -0.341 e. The number of nitrogens with zero attached hydrogens (tertiary/aromatic N) is 1. The third kappa shape index (κ3) is 4.18. The summed E-state index contributed by atoms with van der Waals surface area (Å²) in [6.07, 6.45) is 3.06.